The first-order valence-electron chi connectivity index (χ1n) is 10.8. The van der Waals surface area contributed by atoms with E-state index in [-0.39, 0.29) is 6.10 Å². The molecule has 1 aliphatic heterocycles. The number of hydrogen-bond donors (Lipinski definition) is 3. The topological polar surface area (TPSA) is 121 Å². The van der Waals surface area contributed by atoms with Gasteiger partial charge < -0.3 is 15.8 Å². The number of piperidine rings is 1. The molecule has 31 heavy (non-hydrogen) atoms. The molecule has 4 N–H and O–H groups in total. The Bertz CT molecular complexity index is 954. The predicted molar refractivity (Wildman–Crippen MR) is 128 cm³/mol. The Hall–Kier alpha value is -2.36. The molecule has 0 saturated carbocycles. The van der Waals surface area contributed by atoms with Crippen molar-refractivity contribution in [3.05, 3.63) is 36.8 Å². The van der Waals surface area contributed by atoms with Crippen LogP contribution in [0.3, 0.4) is 0 Å². The third-order valence-electron chi connectivity index (χ3n) is 4.56. The predicted octanol–water partition coefficient (Wildman–Crippen LogP) is 3.39. The molecular formula is C22H34N6O2S. The van der Waals surface area contributed by atoms with Gasteiger partial charge in [0.15, 0.2) is 5.65 Å². The summed E-state index contributed by atoms with van der Waals surface area (Å²) in [7, 11) is -0.829. The van der Waals surface area contributed by atoms with Crippen LogP contribution >= 0.6 is 0 Å². The number of nitrogens with zero attached hydrogens (tertiary/aromatic N) is 4. The molecule has 0 spiro atoms. The number of aromatic nitrogens is 4. The highest BCUT2D eigenvalue weighted by molar-refractivity contribution is 7.82. The maximum atomic E-state index is 11.7. The lowest BCUT2D eigenvalue weighted by atomic mass is 10.1. The van der Waals surface area contributed by atoms with Gasteiger partial charge >= 0.3 is 0 Å². The summed E-state index contributed by atoms with van der Waals surface area (Å²) in [5.74, 6) is 1.69. The number of pyridine rings is 1. The maximum Gasteiger partial charge on any atom is 0.156 e. The molecule has 1 fully saturated rings. The number of fused-ring (bicyclic) bond motifs is 1. The Morgan fingerprint density at radius 2 is 1.97 bits per heavy atom. The number of hydrogen-bond acceptors (Lipinski definition) is 6. The monoisotopic (exact) mass is 446 g/mol. The Labute approximate surface area is 186 Å². The number of rotatable bonds is 4. The number of nitrogens with two attached hydrogens (primary N) is 1. The van der Waals surface area contributed by atoms with Crippen molar-refractivity contribution < 1.29 is 9.32 Å². The summed E-state index contributed by atoms with van der Waals surface area (Å²) in [6.07, 6.45) is 6.51. The van der Waals surface area contributed by atoms with Gasteiger partial charge in [-0.3, -0.25) is 0 Å². The van der Waals surface area contributed by atoms with Crippen molar-refractivity contribution in [1.29, 1.82) is 0 Å². The molecule has 4 rings (SSSR count). The molecule has 9 heteroatoms. The van der Waals surface area contributed by atoms with Crippen molar-refractivity contribution in [2.24, 2.45) is 5.92 Å². The smallest absolute Gasteiger partial charge is 0.156 e. The molecule has 1 aliphatic rings. The first kappa shape index (κ1) is 24.9. The fourth-order valence-electron chi connectivity index (χ4n) is 3.03. The van der Waals surface area contributed by atoms with E-state index >= 15 is 0 Å². The fourth-order valence-corrected chi connectivity index (χ4v) is 4.43. The third-order valence-corrected chi connectivity index (χ3v) is 6.46. The Morgan fingerprint density at radius 3 is 2.61 bits per heavy atom. The molecule has 8 nitrogen and oxygen atoms in total. The van der Waals surface area contributed by atoms with Gasteiger partial charge in [0.2, 0.25) is 0 Å². The normalized spacial score (nSPS) is 15.7. The number of nitrogen functional groups attached to an aromatic ring is 1. The van der Waals surface area contributed by atoms with E-state index in [0.717, 1.165) is 54.1 Å². The van der Waals surface area contributed by atoms with Crippen LogP contribution in [0.4, 0.5) is 5.82 Å². The quantitative estimate of drug-likeness (QED) is 0.565. The molecule has 1 unspecified atom stereocenters. The van der Waals surface area contributed by atoms with Crippen LogP contribution in [-0.2, 0) is 11.0 Å². The molecule has 170 valence electrons. The number of aliphatic hydroxyl groups is 1. The third kappa shape index (κ3) is 7.37. The number of H-pyrrole nitrogens is 1. The summed E-state index contributed by atoms with van der Waals surface area (Å²) in [5.41, 5.74) is 8.91. The van der Waals surface area contributed by atoms with Gasteiger partial charge in [-0.05, 0) is 37.0 Å². The lowest BCUT2D eigenvalue weighted by Crippen LogP contribution is -2.38. The molecule has 3 aromatic heterocycles. The highest BCUT2D eigenvalue weighted by Crippen LogP contribution is 2.22. The minimum Gasteiger partial charge on any atom is -0.393 e. The molecule has 0 amide bonds. The SMILES string of the molecule is CC.CC(C)CS(=O)N1CCC(O)CC1.Nc1ncccc1-c1cnc2[nH]ccc2n1. The van der Waals surface area contributed by atoms with Gasteiger partial charge in [-0.2, -0.15) is 0 Å². The van der Waals surface area contributed by atoms with Gasteiger partial charge in [-0.1, -0.05) is 27.7 Å². The minimum atomic E-state index is -0.829. The fraction of sp³-hybridized carbons (Fsp3) is 0.500. The van der Waals surface area contributed by atoms with E-state index in [1.807, 2.05) is 36.4 Å². The van der Waals surface area contributed by atoms with Crippen LogP contribution in [0.5, 0.6) is 0 Å². The molecule has 0 aliphatic carbocycles. The van der Waals surface area contributed by atoms with E-state index in [4.69, 9.17) is 5.73 Å². The molecule has 3 aromatic rings. The molecule has 0 aromatic carbocycles. The summed E-state index contributed by atoms with van der Waals surface area (Å²) in [6, 6.07) is 5.58. The van der Waals surface area contributed by atoms with Gasteiger partial charge in [0.1, 0.15) is 11.3 Å². The van der Waals surface area contributed by atoms with E-state index in [1.54, 1.807) is 18.6 Å². The van der Waals surface area contributed by atoms with E-state index in [2.05, 4.69) is 33.8 Å². The highest BCUT2D eigenvalue weighted by atomic mass is 32.2. The Morgan fingerprint density at radius 1 is 1.26 bits per heavy atom. The molecule has 0 bridgehead atoms. The van der Waals surface area contributed by atoms with Crippen molar-refractivity contribution in [2.75, 3.05) is 24.6 Å². The largest absolute Gasteiger partial charge is 0.393 e. The second-order valence-electron chi connectivity index (χ2n) is 7.45. The second-order valence-corrected chi connectivity index (χ2v) is 8.94. The van der Waals surface area contributed by atoms with E-state index in [0.29, 0.717) is 11.7 Å². The van der Waals surface area contributed by atoms with Crippen LogP contribution in [0.15, 0.2) is 36.8 Å². The summed E-state index contributed by atoms with van der Waals surface area (Å²) in [4.78, 5) is 15.7. The molecule has 1 atom stereocenters. The standard InChI is InChI=1S/C11H9N5.C9H19NO2S.C2H6/c12-10-7(2-1-4-13-10)9-6-15-11-8(16-9)3-5-14-11;1-8(2)7-13(12)10-5-3-9(11)4-6-10;1-2/h1-6H,(H2,12,13)(H,14,15);8-9,11H,3-7H2,1-2H3;1-2H3. The van der Waals surface area contributed by atoms with Crippen molar-refractivity contribution in [1.82, 2.24) is 24.2 Å². The maximum absolute atomic E-state index is 11.7. The van der Waals surface area contributed by atoms with Crippen LogP contribution in [0, 0.1) is 5.92 Å². The Balaban J connectivity index is 0.000000209. The summed E-state index contributed by atoms with van der Waals surface area (Å²) >= 11 is 0. The average molecular weight is 447 g/mol. The molecule has 1 saturated heterocycles. The number of anilines is 1. The zero-order valence-corrected chi connectivity index (χ0v) is 19.6. The number of aliphatic hydroxyl groups excluding tert-OH is 1. The van der Waals surface area contributed by atoms with Crippen LogP contribution in [0.25, 0.3) is 22.4 Å². The highest BCUT2D eigenvalue weighted by Gasteiger charge is 2.21. The van der Waals surface area contributed by atoms with Crippen LogP contribution in [0.1, 0.15) is 40.5 Å². The zero-order chi connectivity index (χ0) is 22.8. The van der Waals surface area contributed by atoms with Crippen LogP contribution < -0.4 is 5.73 Å². The Kier molecular flexibility index (Phi) is 10.0. The first-order chi connectivity index (χ1) is 14.9. The van der Waals surface area contributed by atoms with Crippen molar-refractivity contribution in [3.8, 4) is 11.3 Å². The summed E-state index contributed by atoms with van der Waals surface area (Å²) in [6.45, 7) is 9.72. The second kappa shape index (κ2) is 12.5. The molecular weight excluding hydrogens is 412 g/mol. The van der Waals surface area contributed by atoms with Gasteiger partial charge in [-0.25, -0.2) is 23.5 Å². The lowest BCUT2D eigenvalue weighted by Gasteiger charge is -2.28. The van der Waals surface area contributed by atoms with Gasteiger partial charge in [0.05, 0.1) is 29.0 Å². The van der Waals surface area contributed by atoms with Crippen molar-refractivity contribution in [2.45, 2.75) is 46.6 Å². The first-order valence-corrected chi connectivity index (χ1v) is 12.0. The molecule has 4 heterocycles. The van der Waals surface area contributed by atoms with Crippen LogP contribution in [-0.4, -0.2) is 58.5 Å². The van der Waals surface area contributed by atoms with E-state index in [1.165, 1.54) is 0 Å². The summed E-state index contributed by atoms with van der Waals surface area (Å²) in [5, 5.41) is 9.26. The average Bonchev–Trinajstić information content (AvgIpc) is 3.24. The number of aromatic amines is 1. The number of nitrogens with one attached hydrogen (secondary N) is 1. The van der Waals surface area contributed by atoms with Crippen LogP contribution in [0.2, 0.25) is 0 Å². The van der Waals surface area contributed by atoms with Crippen molar-refractivity contribution in [3.63, 3.8) is 0 Å². The van der Waals surface area contributed by atoms with Gasteiger partial charge in [0.25, 0.3) is 0 Å². The lowest BCUT2D eigenvalue weighted by molar-refractivity contribution is 0.114. The zero-order valence-electron chi connectivity index (χ0n) is 18.8. The van der Waals surface area contributed by atoms with Crippen molar-refractivity contribution >= 4 is 28.0 Å². The molecule has 0 radical (unpaired) electrons. The van der Waals surface area contributed by atoms with E-state index < -0.39 is 11.0 Å². The van der Waals surface area contributed by atoms with Gasteiger partial charge in [-0.15, -0.1) is 0 Å². The summed E-state index contributed by atoms with van der Waals surface area (Å²) < 4.78 is 13.6. The van der Waals surface area contributed by atoms with E-state index in [9.17, 15) is 9.32 Å². The minimum absolute atomic E-state index is 0.174. The van der Waals surface area contributed by atoms with Gasteiger partial charge in [0, 0.05) is 36.8 Å².